The first-order valence-electron chi connectivity index (χ1n) is 7.53. The van der Waals surface area contributed by atoms with E-state index < -0.39 is 6.10 Å². The Labute approximate surface area is 128 Å². The molecule has 0 saturated carbocycles. The van der Waals surface area contributed by atoms with E-state index in [1.807, 2.05) is 32.9 Å². The molecule has 2 N–H and O–H groups in total. The molecule has 1 unspecified atom stereocenters. The van der Waals surface area contributed by atoms with Crippen LogP contribution in [0.3, 0.4) is 0 Å². The maximum atomic E-state index is 10.2. The number of aliphatic hydroxyl groups excluding tert-OH is 1. The maximum Gasteiger partial charge on any atom is 0.117 e. The highest BCUT2D eigenvalue weighted by Gasteiger charge is 2.17. The Kier molecular flexibility index (Phi) is 6.49. The molecular formula is C17H29NO3. The molecule has 1 atom stereocenters. The highest BCUT2D eigenvalue weighted by atomic mass is 16.5. The van der Waals surface area contributed by atoms with Crippen molar-refractivity contribution in [1.82, 2.24) is 0 Å². The molecular weight excluding hydrogens is 266 g/mol. The largest absolute Gasteiger partial charge is 0.508 e. The zero-order valence-electron chi connectivity index (χ0n) is 13.8. The summed E-state index contributed by atoms with van der Waals surface area (Å²) in [5.41, 5.74) is 0.660. The Bertz CT molecular complexity index is 426. The van der Waals surface area contributed by atoms with Crippen LogP contribution in [0.25, 0.3) is 0 Å². The molecule has 0 saturated heterocycles. The van der Waals surface area contributed by atoms with Crippen LogP contribution in [-0.2, 0) is 4.74 Å². The average molecular weight is 295 g/mol. The van der Waals surface area contributed by atoms with E-state index in [2.05, 4.69) is 18.7 Å². The fraction of sp³-hybridized carbons (Fsp3) is 0.647. The van der Waals surface area contributed by atoms with E-state index in [9.17, 15) is 10.2 Å². The minimum atomic E-state index is -0.565. The lowest BCUT2D eigenvalue weighted by atomic mass is 10.1. The molecule has 21 heavy (non-hydrogen) atoms. The fourth-order valence-corrected chi connectivity index (χ4v) is 2.07. The van der Waals surface area contributed by atoms with Crippen LogP contribution in [0.15, 0.2) is 24.3 Å². The molecule has 0 spiro atoms. The molecule has 0 aliphatic heterocycles. The third-order valence-electron chi connectivity index (χ3n) is 2.92. The van der Waals surface area contributed by atoms with Crippen LogP contribution in [0, 0.1) is 5.92 Å². The predicted molar refractivity (Wildman–Crippen MR) is 86.9 cm³/mol. The highest BCUT2D eigenvalue weighted by molar-refractivity contribution is 5.50. The number of hydrogen-bond acceptors (Lipinski definition) is 4. The number of rotatable bonds is 7. The van der Waals surface area contributed by atoms with Crippen LogP contribution >= 0.6 is 0 Å². The van der Waals surface area contributed by atoms with Gasteiger partial charge < -0.3 is 19.8 Å². The number of hydrogen-bond donors (Lipinski definition) is 2. The molecule has 120 valence electrons. The highest BCUT2D eigenvalue weighted by Crippen LogP contribution is 2.21. The summed E-state index contributed by atoms with van der Waals surface area (Å²) in [6.07, 6.45) is -0.565. The Hall–Kier alpha value is -1.26. The van der Waals surface area contributed by atoms with Crippen LogP contribution in [0.5, 0.6) is 5.75 Å². The monoisotopic (exact) mass is 295 g/mol. The molecule has 4 heteroatoms. The molecule has 1 rings (SSSR count). The molecule has 0 aliphatic rings. The summed E-state index contributed by atoms with van der Waals surface area (Å²) in [5.74, 6) is 0.699. The van der Waals surface area contributed by atoms with Crippen molar-refractivity contribution >= 4 is 5.69 Å². The van der Waals surface area contributed by atoms with E-state index in [0.717, 1.165) is 12.2 Å². The van der Waals surface area contributed by atoms with Crippen molar-refractivity contribution in [3.05, 3.63) is 24.3 Å². The van der Waals surface area contributed by atoms with Crippen LogP contribution < -0.4 is 4.90 Å². The van der Waals surface area contributed by atoms with E-state index in [1.165, 1.54) is 0 Å². The van der Waals surface area contributed by atoms with Gasteiger partial charge in [-0.1, -0.05) is 19.9 Å². The summed E-state index contributed by atoms with van der Waals surface area (Å²) in [5, 5.41) is 19.8. The third kappa shape index (κ3) is 7.34. The second kappa shape index (κ2) is 7.66. The van der Waals surface area contributed by atoms with E-state index in [4.69, 9.17) is 4.74 Å². The van der Waals surface area contributed by atoms with Crippen molar-refractivity contribution in [3.8, 4) is 5.75 Å². The van der Waals surface area contributed by atoms with Crippen LogP contribution in [-0.4, -0.2) is 41.6 Å². The van der Waals surface area contributed by atoms with Gasteiger partial charge in [0.2, 0.25) is 0 Å². The van der Waals surface area contributed by atoms with Crippen molar-refractivity contribution in [2.45, 2.75) is 46.3 Å². The molecule has 4 nitrogen and oxygen atoms in total. The molecule has 0 amide bonds. The lowest BCUT2D eigenvalue weighted by Crippen LogP contribution is -2.38. The number of aromatic hydroxyl groups is 1. The third-order valence-corrected chi connectivity index (χ3v) is 2.92. The zero-order valence-corrected chi connectivity index (χ0v) is 13.8. The predicted octanol–water partition coefficient (Wildman–Crippen LogP) is 3.03. The van der Waals surface area contributed by atoms with Gasteiger partial charge in [0.1, 0.15) is 5.75 Å². The zero-order chi connectivity index (χ0) is 16.0. The number of anilines is 1. The first-order chi connectivity index (χ1) is 9.67. The van der Waals surface area contributed by atoms with Gasteiger partial charge in [0.05, 0.1) is 18.3 Å². The Morgan fingerprint density at radius 1 is 1.19 bits per heavy atom. The number of phenolic OH excluding ortho intramolecular Hbond substituents is 1. The van der Waals surface area contributed by atoms with Gasteiger partial charge in [0.15, 0.2) is 0 Å². The van der Waals surface area contributed by atoms with Crippen LogP contribution in [0.1, 0.15) is 34.6 Å². The van der Waals surface area contributed by atoms with Gasteiger partial charge in [-0.2, -0.15) is 0 Å². The average Bonchev–Trinajstić information content (AvgIpc) is 2.34. The number of phenols is 1. The van der Waals surface area contributed by atoms with Gasteiger partial charge in [-0.25, -0.2) is 0 Å². The van der Waals surface area contributed by atoms with Crippen molar-refractivity contribution in [1.29, 1.82) is 0 Å². The van der Waals surface area contributed by atoms with Crippen molar-refractivity contribution in [2.24, 2.45) is 5.92 Å². The van der Waals surface area contributed by atoms with E-state index in [0.29, 0.717) is 19.1 Å². The van der Waals surface area contributed by atoms with Crippen molar-refractivity contribution in [3.63, 3.8) is 0 Å². The van der Waals surface area contributed by atoms with Crippen molar-refractivity contribution < 1.29 is 14.9 Å². The van der Waals surface area contributed by atoms with Crippen molar-refractivity contribution in [2.75, 3.05) is 24.6 Å². The topological polar surface area (TPSA) is 52.9 Å². The Balaban J connectivity index is 2.70. The molecule has 0 bridgehead atoms. The molecule has 0 fully saturated rings. The second-order valence-corrected chi connectivity index (χ2v) is 6.90. The number of aliphatic hydroxyl groups is 1. The van der Waals surface area contributed by atoms with E-state index in [-0.39, 0.29) is 11.4 Å². The standard InChI is InChI=1S/C17H29NO3/c1-13(2)10-18(14-7-6-8-15(19)9-14)11-16(20)12-21-17(3,4)5/h6-9,13,16,19-20H,10-12H2,1-5H3. The summed E-state index contributed by atoms with van der Waals surface area (Å²) in [6, 6.07) is 7.13. The lowest BCUT2D eigenvalue weighted by molar-refractivity contribution is -0.0464. The normalized spacial score (nSPS) is 13.5. The summed E-state index contributed by atoms with van der Waals surface area (Å²) >= 11 is 0. The van der Waals surface area contributed by atoms with E-state index >= 15 is 0 Å². The Morgan fingerprint density at radius 3 is 2.38 bits per heavy atom. The summed E-state index contributed by atoms with van der Waals surface area (Å²) in [4.78, 5) is 2.08. The minimum absolute atomic E-state index is 0.238. The molecule has 1 aromatic rings. The first-order valence-corrected chi connectivity index (χ1v) is 7.53. The molecule has 0 radical (unpaired) electrons. The molecule has 1 aromatic carbocycles. The van der Waals surface area contributed by atoms with Gasteiger partial charge in [-0.05, 0) is 38.8 Å². The summed E-state index contributed by atoms with van der Waals surface area (Å²) in [6.45, 7) is 11.8. The molecule has 0 heterocycles. The van der Waals surface area contributed by atoms with E-state index in [1.54, 1.807) is 12.1 Å². The molecule has 0 aliphatic carbocycles. The lowest BCUT2D eigenvalue weighted by Gasteiger charge is -2.30. The SMILES string of the molecule is CC(C)CN(CC(O)COC(C)(C)C)c1cccc(O)c1. The van der Waals surface area contributed by atoms with Crippen LogP contribution in [0.2, 0.25) is 0 Å². The summed E-state index contributed by atoms with van der Waals surface area (Å²) < 4.78 is 5.63. The van der Waals surface area contributed by atoms with Gasteiger partial charge in [0, 0.05) is 24.8 Å². The number of benzene rings is 1. The fourth-order valence-electron chi connectivity index (χ4n) is 2.07. The number of ether oxygens (including phenoxy) is 1. The smallest absolute Gasteiger partial charge is 0.117 e. The Morgan fingerprint density at radius 2 is 1.86 bits per heavy atom. The van der Waals surface area contributed by atoms with Gasteiger partial charge >= 0.3 is 0 Å². The summed E-state index contributed by atoms with van der Waals surface area (Å²) in [7, 11) is 0. The minimum Gasteiger partial charge on any atom is -0.508 e. The van der Waals surface area contributed by atoms with Gasteiger partial charge in [0.25, 0.3) is 0 Å². The van der Waals surface area contributed by atoms with Crippen LogP contribution in [0.4, 0.5) is 5.69 Å². The quantitative estimate of drug-likeness (QED) is 0.812. The molecule has 0 aromatic heterocycles. The number of nitrogens with zero attached hydrogens (tertiary/aromatic N) is 1. The second-order valence-electron chi connectivity index (χ2n) is 6.90. The van der Waals surface area contributed by atoms with Gasteiger partial charge in [-0.15, -0.1) is 0 Å². The van der Waals surface area contributed by atoms with Gasteiger partial charge in [-0.3, -0.25) is 0 Å². The maximum absolute atomic E-state index is 10.2. The first kappa shape index (κ1) is 17.8.